The van der Waals surface area contributed by atoms with Crippen LogP contribution in [0.4, 0.5) is 11.4 Å². The summed E-state index contributed by atoms with van der Waals surface area (Å²) in [5, 5.41) is 0. The highest BCUT2D eigenvalue weighted by Crippen LogP contribution is 2.25. The van der Waals surface area contributed by atoms with Crippen LogP contribution >= 0.6 is 0 Å². The molecule has 0 bridgehead atoms. The van der Waals surface area contributed by atoms with Crippen LogP contribution in [-0.4, -0.2) is 47.3 Å². The lowest BCUT2D eigenvalue weighted by Gasteiger charge is -2.41. The third-order valence-corrected chi connectivity index (χ3v) is 5.13. The lowest BCUT2D eigenvalue weighted by atomic mass is 10.1. The minimum absolute atomic E-state index is 0.0303. The summed E-state index contributed by atoms with van der Waals surface area (Å²) in [6.45, 7) is 13.0. The van der Waals surface area contributed by atoms with Gasteiger partial charge in [-0.05, 0) is 32.0 Å². The molecule has 1 aliphatic heterocycles. The van der Waals surface area contributed by atoms with Crippen molar-refractivity contribution in [3.63, 3.8) is 0 Å². The largest absolute Gasteiger partial charge is 0.369 e. The summed E-state index contributed by atoms with van der Waals surface area (Å²) >= 11 is 0. The lowest BCUT2D eigenvalue weighted by Crippen LogP contribution is -2.54. The number of piperazine rings is 1. The third-order valence-electron chi connectivity index (χ3n) is 5.13. The Morgan fingerprint density at radius 1 is 1.31 bits per heavy atom. The van der Waals surface area contributed by atoms with Gasteiger partial charge >= 0.3 is 0 Å². The van der Waals surface area contributed by atoms with Crippen molar-refractivity contribution in [3.8, 4) is 0 Å². The van der Waals surface area contributed by atoms with Gasteiger partial charge in [0.1, 0.15) is 5.69 Å². The predicted octanol–water partition coefficient (Wildman–Crippen LogP) is 3.05. The highest BCUT2D eigenvalue weighted by molar-refractivity contribution is 5.95. The van der Waals surface area contributed by atoms with Gasteiger partial charge in [0.05, 0.1) is 6.57 Å². The van der Waals surface area contributed by atoms with Crippen LogP contribution in [0, 0.1) is 13.5 Å². The van der Waals surface area contributed by atoms with E-state index in [0.29, 0.717) is 36.6 Å². The van der Waals surface area contributed by atoms with Crippen molar-refractivity contribution < 1.29 is 9.59 Å². The number of carbonyl (C=O) groups excluding carboxylic acids is 2. The van der Waals surface area contributed by atoms with E-state index in [9.17, 15) is 9.59 Å². The first-order valence-electron chi connectivity index (χ1n) is 8.61. The zero-order chi connectivity index (χ0) is 18.8. The molecule has 1 aliphatic rings. The molecule has 0 aliphatic carbocycles. The van der Waals surface area contributed by atoms with Crippen molar-refractivity contribution >= 4 is 23.6 Å². The molecule has 134 valence electrons. The highest BCUT2D eigenvalue weighted by Gasteiger charge is 2.30. The lowest BCUT2D eigenvalue weighted by molar-refractivity contribution is 0.0664. The molecule has 2 heterocycles. The van der Waals surface area contributed by atoms with Gasteiger partial charge in [0.15, 0.2) is 12.0 Å². The molecule has 1 fully saturated rings. The van der Waals surface area contributed by atoms with Crippen molar-refractivity contribution in [1.29, 1.82) is 0 Å². The smallest absolute Gasteiger partial charge is 0.270 e. The molecule has 1 aromatic heterocycles. The Hall–Kier alpha value is -3.07. The molecular weight excluding hydrogens is 328 g/mol. The van der Waals surface area contributed by atoms with E-state index >= 15 is 0 Å². The maximum absolute atomic E-state index is 13.0. The second-order valence-electron chi connectivity index (χ2n) is 6.67. The molecule has 0 unspecified atom stereocenters. The summed E-state index contributed by atoms with van der Waals surface area (Å²) in [5.74, 6) is -0.0502. The number of benzene rings is 1. The van der Waals surface area contributed by atoms with Gasteiger partial charge in [0.2, 0.25) is 0 Å². The molecule has 1 atom stereocenters. The van der Waals surface area contributed by atoms with Gasteiger partial charge < -0.3 is 14.4 Å². The average molecular weight is 350 g/mol. The van der Waals surface area contributed by atoms with Crippen LogP contribution in [0.2, 0.25) is 0 Å². The van der Waals surface area contributed by atoms with E-state index in [-0.39, 0.29) is 11.9 Å². The second kappa shape index (κ2) is 7.04. The highest BCUT2D eigenvalue weighted by atomic mass is 16.2. The number of amides is 1. The molecule has 3 rings (SSSR count). The third kappa shape index (κ3) is 3.08. The molecule has 26 heavy (non-hydrogen) atoms. The number of anilines is 1. The summed E-state index contributed by atoms with van der Waals surface area (Å²) < 4.78 is 1.78. The van der Waals surface area contributed by atoms with E-state index in [1.807, 2.05) is 44.0 Å². The average Bonchev–Trinajstić information content (AvgIpc) is 2.95. The Balaban J connectivity index is 1.77. The summed E-state index contributed by atoms with van der Waals surface area (Å²) in [6.07, 6.45) is 0.790. The Labute approximate surface area is 153 Å². The Kier molecular flexibility index (Phi) is 4.81. The number of aldehydes is 1. The summed E-state index contributed by atoms with van der Waals surface area (Å²) in [4.78, 5) is 31.7. The van der Waals surface area contributed by atoms with E-state index in [4.69, 9.17) is 6.57 Å². The van der Waals surface area contributed by atoms with Gasteiger partial charge in [-0.25, -0.2) is 4.85 Å². The first-order chi connectivity index (χ1) is 12.5. The monoisotopic (exact) mass is 350 g/mol. The van der Waals surface area contributed by atoms with E-state index in [1.54, 1.807) is 16.7 Å². The van der Waals surface area contributed by atoms with Gasteiger partial charge in [0.25, 0.3) is 5.91 Å². The van der Waals surface area contributed by atoms with E-state index in [2.05, 4.69) is 9.74 Å². The van der Waals surface area contributed by atoms with Gasteiger partial charge in [-0.15, -0.1) is 0 Å². The second-order valence-corrected chi connectivity index (χ2v) is 6.67. The summed E-state index contributed by atoms with van der Waals surface area (Å²) in [7, 11) is 1.81. The maximum Gasteiger partial charge on any atom is 0.270 e. The van der Waals surface area contributed by atoms with E-state index in [1.165, 1.54) is 0 Å². The molecule has 0 saturated carbocycles. The number of carbonyl (C=O) groups is 2. The zero-order valence-electron chi connectivity index (χ0n) is 15.3. The molecule has 0 radical (unpaired) electrons. The van der Waals surface area contributed by atoms with Gasteiger partial charge in [-0.2, -0.15) is 0 Å². The van der Waals surface area contributed by atoms with Crippen LogP contribution in [-0.2, 0) is 7.05 Å². The maximum atomic E-state index is 13.0. The molecule has 2 aromatic rings. The first-order valence-corrected chi connectivity index (χ1v) is 8.61. The molecule has 6 nitrogen and oxygen atoms in total. The summed E-state index contributed by atoms with van der Waals surface area (Å²) in [6, 6.07) is 9.26. The quantitative estimate of drug-likeness (QED) is 0.631. The fourth-order valence-corrected chi connectivity index (χ4v) is 3.45. The first kappa shape index (κ1) is 17.7. The Morgan fingerprint density at radius 2 is 2.08 bits per heavy atom. The van der Waals surface area contributed by atoms with Gasteiger partial charge in [-0.1, -0.05) is 12.1 Å². The minimum atomic E-state index is -0.0502. The number of hydrogen-bond acceptors (Lipinski definition) is 3. The zero-order valence-corrected chi connectivity index (χ0v) is 15.3. The fraction of sp³-hybridized carbons (Fsp3) is 0.350. The van der Waals surface area contributed by atoms with Crippen molar-refractivity contribution in [3.05, 3.63) is 58.7 Å². The molecule has 0 spiro atoms. The Bertz CT molecular complexity index is 894. The number of nitrogens with zero attached hydrogens (tertiary/aromatic N) is 4. The van der Waals surface area contributed by atoms with Crippen molar-refractivity contribution in [1.82, 2.24) is 9.47 Å². The number of hydrogen-bond donors (Lipinski definition) is 0. The molecule has 0 N–H and O–H groups in total. The topological polar surface area (TPSA) is 49.9 Å². The van der Waals surface area contributed by atoms with Crippen LogP contribution in [0.25, 0.3) is 4.85 Å². The van der Waals surface area contributed by atoms with E-state index < -0.39 is 0 Å². The van der Waals surface area contributed by atoms with Crippen LogP contribution in [0.5, 0.6) is 0 Å². The van der Waals surface area contributed by atoms with Crippen LogP contribution in [0.1, 0.15) is 33.5 Å². The standard InChI is InChI=1S/C20H22N4O2/c1-14-12-23(18-7-5-6-17(11-18)21-3)8-9-24(14)20(26)19-10-16(13-25)15(2)22(19)4/h5-7,10-11,13-14H,8-9,12H2,1-2,4H3/t14-/m0/s1. The van der Waals surface area contributed by atoms with E-state index in [0.717, 1.165) is 17.7 Å². The fourth-order valence-electron chi connectivity index (χ4n) is 3.45. The molecule has 1 amide bonds. The van der Waals surface area contributed by atoms with Crippen LogP contribution in [0.15, 0.2) is 30.3 Å². The SMILES string of the molecule is [C-]#[N+]c1cccc(N2CCN(C(=O)c3cc(C=O)c(C)n3C)[C@@H](C)C2)c1. The van der Waals surface area contributed by atoms with Crippen molar-refractivity contribution in [2.75, 3.05) is 24.5 Å². The van der Waals surface area contributed by atoms with Crippen LogP contribution < -0.4 is 4.90 Å². The minimum Gasteiger partial charge on any atom is -0.369 e. The Morgan fingerprint density at radius 3 is 2.69 bits per heavy atom. The van der Waals surface area contributed by atoms with Crippen molar-refractivity contribution in [2.24, 2.45) is 7.05 Å². The number of rotatable bonds is 3. The molecule has 6 heteroatoms. The molecular formula is C20H22N4O2. The summed E-state index contributed by atoms with van der Waals surface area (Å²) in [5.41, 5.74) is 3.52. The van der Waals surface area contributed by atoms with Crippen LogP contribution in [0.3, 0.4) is 0 Å². The normalized spacial score (nSPS) is 17.1. The molecule has 1 saturated heterocycles. The number of aromatic nitrogens is 1. The van der Waals surface area contributed by atoms with Gasteiger partial charge in [-0.3, -0.25) is 9.59 Å². The van der Waals surface area contributed by atoms with Crippen molar-refractivity contribution in [2.45, 2.75) is 19.9 Å². The molecule has 1 aromatic carbocycles. The van der Waals surface area contributed by atoms with Gasteiger partial charge in [0, 0.05) is 49.7 Å². The predicted molar refractivity (Wildman–Crippen MR) is 101 cm³/mol.